The molecule has 3 aromatic carbocycles. The van der Waals surface area contributed by atoms with Gasteiger partial charge in [-0.2, -0.15) is 0 Å². The fraction of sp³-hybridized carbons (Fsp3) is 0.407. The van der Waals surface area contributed by atoms with Crippen molar-refractivity contribution in [1.82, 2.24) is 0 Å². The Kier molecular flexibility index (Phi) is 31.6. The van der Waals surface area contributed by atoms with E-state index in [4.69, 9.17) is 0 Å². The third-order valence-electron chi connectivity index (χ3n) is 2.95. The molecule has 0 aliphatic heterocycles. The highest BCUT2D eigenvalue weighted by atomic mass is 14.0. The number of fused-ring (bicyclic) bond motifs is 1. The van der Waals surface area contributed by atoms with Crippen molar-refractivity contribution < 1.29 is 0 Å². The minimum atomic E-state index is 0. The average Bonchev–Trinajstić information content (AvgIpc) is 2.75. The monoisotopic (exact) mass is 370 g/mol. The van der Waals surface area contributed by atoms with Crippen molar-refractivity contribution in [1.29, 1.82) is 0 Å². The topological polar surface area (TPSA) is 0 Å². The van der Waals surface area contributed by atoms with Gasteiger partial charge in [0.1, 0.15) is 0 Å². The van der Waals surface area contributed by atoms with E-state index in [2.05, 4.69) is 68.4 Å². The molecule has 0 amide bonds. The molecule has 0 spiro atoms. The van der Waals surface area contributed by atoms with Gasteiger partial charge in [-0.05, 0) is 30.2 Å². The average molecular weight is 371 g/mol. The van der Waals surface area contributed by atoms with E-state index in [9.17, 15) is 0 Å². The van der Waals surface area contributed by atoms with Gasteiger partial charge in [-0.3, -0.25) is 0 Å². The van der Waals surface area contributed by atoms with Crippen LogP contribution in [0.5, 0.6) is 0 Å². The SMILES string of the molecule is C.CC.CC.CC.CC.Cc1cccc2ccccc12.Cc1ccccc1. The van der Waals surface area contributed by atoms with Gasteiger partial charge < -0.3 is 0 Å². The number of hydrogen-bond donors (Lipinski definition) is 0. The molecular weight excluding hydrogens is 324 g/mol. The highest BCUT2D eigenvalue weighted by Gasteiger charge is 1.92. The maximum atomic E-state index is 2.16. The Labute approximate surface area is 171 Å². The summed E-state index contributed by atoms with van der Waals surface area (Å²) in [7, 11) is 0. The molecule has 0 bridgehead atoms. The summed E-state index contributed by atoms with van der Waals surface area (Å²) in [6.45, 7) is 20.2. The Morgan fingerprint density at radius 1 is 0.444 bits per heavy atom. The van der Waals surface area contributed by atoms with Gasteiger partial charge in [-0.1, -0.05) is 141 Å². The van der Waals surface area contributed by atoms with Crippen LogP contribution in [0.1, 0.15) is 73.9 Å². The van der Waals surface area contributed by atoms with Crippen molar-refractivity contribution in [3.63, 3.8) is 0 Å². The van der Waals surface area contributed by atoms with E-state index in [1.807, 2.05) is 73.6 Å². The lowest BCUT2D eigenvalue weighted by molar-refractivity contribution is 1.48. The van der Waals surface area contributed by atoms with Gasteiger partial charge in [0.05, 0.1) is 0 Å². The van der Waals surface area contributed by atoms with Crippen molar-refractivity contribution in [2.24, 2.45) is 0 Å². The second-order valence-corrected chi connectivity index (χ2v) is 4.45. The van der Waals surface area contributed by atoms with Gasteiger partial charge in [-0.15, -0.1) is 0 Å². The molecule has 154 valence electrons. The molecule has 0 unspecified atom stereocenters. The predicted molar refractivity (Wildman–Crippen MR) is 132 cm³/mol. The maximum Gasteiger partial charge on any atom is -0.0155 e. The zero-order valence-corrected chi connectivity index (χ0v) is 18.9. The molecule has 0 fully saturated rings. The molecule has 0 aliphatic rings. The molecular formula is C27H46. The predicted octanol–water partition coefficient (Wildman–Crippen LogP) is 9.88. The minimum Gasteiger partial charge on any atom is -0.0776 e. The quantitative estimate of drug-likeness (QED) is 0.369. The molecule has 0 N–H and O–H groups in total. The van der Waals surface area contributed by atoms with E-state index in [1.54, 1.807) is 0 Å². The second kappa shape index (κ2) is 26.2. The summed E-state index contributed by atoms with van der Waals surface area (Å²) in [5.41, 5.74) is 2.67. The number of rotatable bonds is 0. The normalized spacial score (nSPS) is 7.33. The molecule has 0 heteroatoms. The molecule has 0 nitrogen and oxygen atoms in total. The number of benzene rings is 3. The van der Waals surface area contributed by atoms with Crippen LogP contribution in [0.3, 0.4) is 0 Å². The van der Waals surface area contributed by atoms with E-state index in [1.165, 1.54) is 21.9 Å². The summed E-state index contributed by atoms with van der Waals surface area (Å²) in [5, 5.41) is 2.68. The molecule has 3 aromatic rings. The molecule has 0 radical (unpaired) electrons. The van der Waals surface area contributed by atoms with Crippen LogP contribution in [0.4, 0.5) is 0 Å². The van der Waals surface area contributed by atoms with E-state index < -0.39 is 0 Å². The summed E-state index contributed by atoms with van der Waals surface area (Å²) < 4.78 is 0. The summed E-state index contributed by atoms with van der Waals surface area (Å²) in [5.74, 6) is 0. The van der Waals surface area contributed by atoms with Gasteiger partial charge in [0.2, 0.25) is 0 Å². The van der Waals surface area contributed by atoms with Gasteiger partial charge >= 0.3 is 0 Å². The molecule has 3 rings (SSSR count). The molecule has 0 saturated carbocycles. The summed E-state index contributed by atoms with van der Waals surface area (Å²) in [6.07, 6.45) is 0. The van der Waals surface area contributed by atoms with Crippen LogP contribution in [0.25, 0.3) is 10.8 Å². The largest absolute Gasteiger partial charge is 0.0776 e. The Hall–Kier alpha value is -2.08. The highest BCUT2D eigenvalue weighted by Crippen LogP contribution is 2.16. The van der Waals surface area contributed by atoms with Crippen LogP contribution in [0, 0.1) is 13.8 Å². The van der Waals surface area contributed by atoms with Crippen LogP contribution in [0.2, 0.25) is 0 Å². The van der Waals surface area contributed by atoms with Gasteiger partial charge in [0.15, 0.2) is 0 Å². The third-order valence-corrected chi connectivity index (χ3v) is 2.95. The Bertz CT molecular complexity index is 604. The lowest BCUT2D eigenvalue weighted by atomic mass is 10.1. The van der Waals surface area contributed by atoms with Crippen LogP contribution in [-0.4, -0.2) is 0 Å². The maximum absolute atomic E-state index is 2.16. The first kappa shape index (κ1) is 32.6. The fourth-order valence-corrected chi connectivity index (χ4v) is 1.92. The molecule has 27 heavy (non-hydrogen) atoms. The highest BCUT2D eigenvalue weighted by molar-refractivity contribution is 5.85. The Morgan fingerprint density at radius 3 is 1.26 bits per heavy atom. The van der Waals surface area contributed by atoms with E-state index in [0.717, 1.165) is 0 Å². The Balaban J connectivity index is -0.000000145. The van der Waals surface area contributed by atoms with Crippen LogP contribution in [-0.2, 0) is 0 Å². The zero-order chi connectivity index (χ0) is 20.8. The number of hydrogen-bond acceptors (Lipinski definition) is 0. The Morgan fingerprint density at radius 2 is 0.852 bits per heavy atom. The van der Waals surface area contributed by atoms with E-state index in [-0.39, 0.29) is 7.43 Å². The molecule has 0 aliphatic carbocycles. The molecule has 0 heterocycles. The van der Waals surface area contributed by atoms with Crippen LogP contribution >= 0.6 is 0 Å². The fourth-order valence-electron chi connectivity index (χ4n) is 1.92. The first-order chi connectivity index (χ1) is 12.8. The second-order valence-electron chi connectivity index (χ2n) is 4.45. The summed E-state index contributed by atoms with van der Waals surface area (Å²) in [4.78, 5) is 0. The van der Waals surface area contributed by atoms with Crippen molar-refractivity contribution >= 4 is 10.8 Å². The molecule has 0 saturated heterocycles. The van der Waals surface area contributed by atoms with Gasteiger partial charge in [0.25, 0.3) is 0 Å². The van der Waals surface area contributed by atoms with Gasteiger partial charge in [0, 0.05) is 0 Å². The van der Waals surface area contributed by atoms with Crippen LogP contribution in [0.15, 0.2) is 72.8 Å². The standard InChI is InChI=1S/C11H10.C7H8.4C2H6.CH4/c1-9-5-4-7-10-6-2-3-8-11(9)10;1-7-5-3-2-4-6-7;4*1-2;/h2-8H,1H3;2-6H,1H3;4*1-2H3;1H4. The van der Waals surface area contributed by atoms with Crippen molar-refractivity contribution in [3.05, 3.63) is 83.9 Å². The molecule has 0 atom stereocenters. The van der Waals surface area contributed by atoms with Gasteiger partial charge in [-0.25, -0.2) is 0 Å². The minimum absolute atomic E-state index is 0. The smallest absolute Gasteiger partial charge is 0.0155 e. The van der Waals surface area contributed by atoms with E-state index in [0.29, 0.717) is 0 Å². The molecule has 0 aromatic heterocycles. The van der Waals surface area contributed by atoms with E-state index >= 15 is 0 Å². The van der Waals surface area contributed by atoms with Crippen molar-refractivity contribution in [2.75, 3.05) is 0 Å². The summed E-state index contributed by atoms with van der Waals surface area (Å²) >= 11 is 0. The third kappa shape index (κ3) is 15.9. The van der Waals surface area contributed by atoms with Crippen molar-refractivity contribution in [2.45, 2.75) is 76.7 Å². The zero-order valence-electron chi connectivity index (χ0n) is 18.9. The first-order valence-electron chi connectivity index (χ1n) is 10.2. The van der Waals surface area contributed by atoms with Crippen LogP contribution < -0.4 is 0 Å². The number of aryl methyl sites for hydroxylation is 2. The first-order valence-corrected chi connectivity index (χ1v) is 10.2. The summed E-state index contributed by atoms with van der Waals surface area (Å²) in [6, 6.07) is 25.1. The van der Waals surface area contributed by atoms with Crippen molar-refractivity contribution in [3.8, 4) is 0 Å². The lowest BCUT2D eigenvalue weighted by Crippen LogP contribution is -1.75. The lowest BCUT2D eigenvalue weighted by Gasteiger charge is -1.98.